The highest BCUT2D eigenvalue weighted by Gasteiger charge is 2.15. The molecule has 1 aromatic heterocycles. The molecule has 1 fully saturated rings. The molecule has 4 rings (SSSR count). The van der Waals surface area contributed by atoms with E-state index in [1.165, 1.54) is 38.4 Å². The average molecular weight is 350 g/mol. The summed E-state index contributed by atoms with van der Waals surface area (Å²) >= 11 is 0. The van der Waals surface area contributed by atoms with E-state index in [2.05, 4.69) is 20.5 Å². The third-order valence-electron chi connectivity index (χ3n) is 5.15. The van der Waals surface area contributed by atoms with Gasteiger partial charge in [-0.1, -0.05) is 61.7 Å². The van der Waals surface area contributed by atoms with Crippen molar-refractivity contribution < 1.29 is 4.39 Å². The van der Waals surface area contributed by atoms with Crippen LogP contribution in [0.15, 0.2) is 48.8 Å². The van der Waals surface area contributed by atoms with Crippen LogP contribution in [0.5, 0.6) is 0 Å². The zero-order chi connectivity index (χ0) is 17.8. The van der Waals surface area contributed by atoms with Crippen LogP contribution in [0.1, 0.15) is 37.7 Å². The smallest absolute Gasteiger partial charge is 0.155 e. The Kier molecular flexibility index (Phi) is 5.07. The Morgan fingerprint density at radius 3 is 2.50 bits per heavy atom. The molecule has 1 aliphatic carbocycles. The predicted octanol–water partition coefficient (Wildman–Crippen LogP) is 4.70. The first-order valence-electron chi connectivity index (χ1n) is 9.28. The van der Waals surface area contributed by atoms with E-state index in [0.29, 0.717) is 24.0 Å². The fourth-order valence-corrected chi connectivity index (χ4v) is 3.65. The van der Waals surface area contributed by atoms with Crippen LogP contribution in [0.25, 0.3) is 22.5 Å². The second-order valence-electron chi connectivity index (χ2n) is 6.91. The maximum Gasteiger partial charge on any atom is 0.155 e. The summed E-state index contributed by atoms with van der Waals surface area (Å²) in [5.74, 6) is 0.575. The van der Waals surface area contributed by atoms with E-state index >= 15 is 4.39 Å². The number of benzene rings is 2. The minimum atomic E-state index is -0.136. The predicted molar refractivity (Wildman–Crippen MR) is 101 cm³/mol. The van der Waals surface area contributed by atoms with Crippen molar-refractivity contribution >= 4 is 0 Å². The summed E-state index contributed by atoms with van der Waals surface area (Å²) < 4.78 is 15.0. The van der Waals surface area contributed by atoms with Crippen molar-refractivity contribution in [3.63, 3.8) is 0 Å². The molecule has 134 valence electrons. The van der Waals surface area contributed by atoms with Crippen LogP contribution in [0, 0.1) is 5.82 Å². The van der Waals surface area contributed by atoms with E-state index in [-0.39, 0.29) is 5.82 Å². The Labute approximate surface area is 152 Å². The summed E-state index contributed by atoms with van der Waals surface area (Å²) in [6, 6.07) is 13.9. The lowest BCUT2D eigenvalue weighted by atomic mass is 9.95. The molecule has 0 bridgehead atoms. The van der Waals surface area contributed by atoms with E-state index < -0.39 is 0 Å². The number of nitrogens with one attached hydrogen (secondary N) is 2. The number of halogens is 1. The highest BCUT2D eigenvalue weighted by molar-refractivity contribution is 5.68. The van der Waals surface area contributed by atoms with E-state index in [0.717, 1.165) is 16.7 Å². The second-order valence-corrected chi connectivity index (χ2v) is 6.91. The molecule has 1 aliphatic rings. The fourth-order valence-electron chi connectivity index (χ4n) is 3.65. The van der Waals surface area contributed by atoms with Gasteiger partial charge in [-0.2, -0.15) is 5.10 Å². The third kappa shape index (κ3) is 3.68. The van der Waals surface area contributed by atoms with Crippen molar-refractivity contribution in [3.8, 4) is 22.5 Å². The molecule has 1 heterocycles. The van der Waals surface area contributed by atoms with Gasteiger partial charge in [-0.3, -0.25) is 5.10 Å². The zero-order valence-electron chi connectivity index (χ0n) is 14.7. The summed E-state index contributed by atoms with van der Waals surface area (Å²) in [5, 5.41) is 10.2. The number of hydrogen-bond donors (Lipinski definition) is 2. The minimum absolute atomic E-state index is 0.136. The van der Waals surface area contributed by atoms with E-state index in [4.69, 9.17) is 0 Å². The molecule has 0 saturated heterocycles. The lowest BCUT2D eigenvalue weighted by Gasteiger charge is -2.23. The molecule has 4 nitrogen and oxygen atoms in total. The van der Waals surface area contributed by atoms with Crippen LogP contribution < -0.4 is 5.32 Å². The van der Waals surface area contributed by atoms with Gasteiger partial charge in [0, 0.05) is 29.3 Å². The SMILES string of the molecule is Fc1c(CNC2CCCCC2)cccc1-c1ccc(-c2ncn[nH]2)cc1. The van der Waals surface area contributed by atoms with Crippen molar-refractivity contribution in [2.45, 2.75) is 44.7 Å². The Morgan fingerprint density at radius 1 is 1.00 bits per heavy atom. The Hall–Kier alpha value is -2.53. The van der Waals surface area contributed by atoms with Crippen LogP contribution in [0.4, 0.5) is 4.39 Å². The number of hydrogen-bond acceptors (Lipinski definition) is 3. The van der Waals surface area contributed by atoms with Crippen molar-refractivity contribution in [3.05, 3.63) is 60.2 Å². The molecule has 0 atom stereocenters. The molecule has 5 heteroatoms. The second kappa shape index (κ2) is 7.79. The molecule has 0 aliphatic heterocycles. The molecule has 0 amide bonds. The lowest BCUT2D eigenvalue weighted by Crippen LogP contribution is -2.30. The highest BCUT2D eigenvalue weighted by atomic mass is 19.1. The molecule has 1 saturated carbocycles. The van der Waals surface area contributed by atoms with E-state index in [9.17, 15) is 0 Å². The molecule has 2 N–H and O–H groups in total. The topological polar surface area (TPSA) is 53.6 Å². The van der Waals surface area contributed by atoms with E-state index in [1.54, 1.807) is 0 Å². The fraction of sp³-hybridized carbons (Fsp3) is 0.333. The lowest BCUT2D eigenvalue weighted by molar-refractivity contribution is 0.370. The van der Waals surface area contributed by atoms with Gasteiger partial charge >= 0.3 is 0 Å². The Morgan fingerprint density at radius 2 is 1.77 bits per heavy atom. The number of H-pyrrole nitrogens is 1. The van der Waals surface area contributed by atoms with Gasteiger partial charge < -0.3 is 5.32 Å². The maximum absolute atomic E-state index is 15.0. The maximum atomic E-state index is 15.0. The molecule has 2 aromatic carbocycles. The number of rotatable bonds is 5. The van der Waals surface area contributed by atoms with E-state index in [1.807, 2.05) is 42.5 Å². The van der Waals surface area contributed by atoms with Crippen LogP contribution in [-0.2, 0) is 6.54 Å². The van der Waals surface area contributed by atoms with Gasteiger partial charge in [-0.25, -0.2) is 9.37 Å². The van der Waals surface area contributed by atoms with Gasteiger partial charge in [0.15, 0.2) is 5.82 Å². The van der Waals surface area contributed by atoms with Crippen molar-refractivity contribution in [1.82, 2.24) is 20.5 Å². The normalized spacial score (nSPS) is 15.3. The summed E-state index contributed by atoms with van der Waals surface area (Å²) in [6.45, 7) is 0.584. The minimum Gasteiger partial charge on any atom is -0.310 e. The van der Waals surface area contributed by atoms with Crippen LogP contribution in [0.2, 0.25) is 0 Å². The van der Waals surface area contributed by atoms with Crippen LogP contribution in [0.3, 0.4) is 0 Å². The molecular formula is C21H23FN4. The molecule has 0 unspecified atom stereocenters. The summed E-state index contributed by atoms with van der Waals surface area (Å²) in [7, 11) is 0. The molecule has 26 heavy (non-hydrogen) atoms. The third-order valence-corrected chi connectivity index (χ3v) is 5.15. The van der Waals surface area contributed by atoms with Gasteiger partial charge in [0.2, 0.25) is 0 Å². The Bertz CT molecular complexity index is 837. The monoisotopic (exact) mass is 350 g/mol. The van der Waals surface area contributed by atoms with Gasteiger partial charge in [0.1, 0.15) is 12.1 Å². The highest BCUT2D eigenvalue weighted by Crippen LogP contribution is 2.27. The average Bonchev–Trinajstić information content (AvgIpc) is 3.23. The standard InChI is InChI=1S/C21H23FN4/c22-20-17(13-23-18-6-2-1-3-7-18)5-4-8-19(20)15-9-11-16(12-10-15)21-24-14-25-26-21/h4-5,8-12,14,18,23H,1-3,6-7,13H2,(H,24,25,26). The number of aromatic amines is 1. The first-order valence-corrected chi connectivity index (χ1v) is 9.28. The largest absolute Gasteiger partial charge is 0.310 e. The first-order chi connectivity index (χ1) is 12.8. The molecular weight excluding hydrogens is 327 g/mol. The molecule has 0 spiro atoms. The number of aromatic nitrogens is 3. The van der Waals surface area contributed by atoms with Gasteiger partial charge in [-0.15, -0.1) is 0 Å². The summed E-state index contributed by atoms with van der Waals surface area (Å²) in [5.41, 5.74) is 3.16. The van der Waals surface area contributed by atoms with Gasteiger partial charge in [0.05, 0.1) is 0 Å². The van der Waals surface area contributed by atoms with Crippen molar-refractivity contribution in [2.24, 2.45) is 0 Å². The molecule has 0 radical (unpaired) electrons. The van der Waals surface area contributed by atoms with Crippen LogP contribution >= 0.6 is 0 Å². The molecule has 3 aromatic rings. The zero-order valence-corrected chi connectivity index (χ0v) is 14.7. The summed E-state index contributed by atoms with van der Waals surface area (Å²) in [6.07, 6.45) is 7.75. The Balaban J connectivity index is 1.51. The van der Waals surface area contributed by atoms with Crippen molar-refractivity contribution in [2.75, 3.05) is 0 Å². The summed E-state index contributed by atoms with van der Waals surface area (Å²) in [4.78, 5) is 4.14. The van der Waals surface area contributed by atoms with Crippen LogP contribution in [-0.4, -0.2) is 21.2 Å². The van der Waals surface area contributed by atoms with Gasteiger partial charge in [0.25, 0.3) is 0 Å². The number of nitrogens with zero attached hydrogens (tertiary/aromatic N) is 2. The van der Waals surface area contributed by atoms with Crippen molar-refractivity contribution in [1.29, 1.82) is 0 Å². The van der Waals surface area contributed by atoms with Gasteiger partial charge in [-0.05, 0) is 18.4 Å². The quantitative estimate of drug-likeness (QED) is 0.701. The first kappa shape index (κ1) is 16.9.